The van der Waals surface area contributed by atoms with Gasteiger partial charge >= 0.3 is 0 Å². The number of nitrogens with one attached hydrogen (secondary N) is 1. The molecule has 0 aliphatic carbocycles. The summed E-state index contributed by atoms with van der Waals surface area (Å²) in [6, 6.07) is 10.3. The van der Waals surface area contributed by atoms with Gasteiger partial charge in [0.2, 0.25) is 0 Å². The zero-order chi connectivity index (χ0) is 15.4. The quantitative estimate of drug-likeness (QED) is 0.360. The fraction of sp³-hybridized carbons (Fsp3) is 0.0714. The van der Waals surface area contributed by atoms with Gasteiger partial charge in [0.05, 0.1) is 10.0 Å². The molecule has 2 aromatic rings. The lowest BCUT2D eigenvalue weighted by molar-refractivity contribution is 0.0951. The van der Waals surface area contributed by atoms with Crippen LogP contribution in [0.4, 0.5) is 0 Å². The molecular formula is C14H11BrCl2N2O2. The standard InChI is InChI=1S/C14H11BrCl2N2O2/c15-10-5-12(17)13(6-11(10)16)21-7-8-3-1-2-4-9(8)14(20)19-18/h1-6H,7,18H2,(H,19,20). The second kappa shape index (κ2) is 7.13. The molecule has 21 heavy (non-hydrogen) atoms. The number of amides is 1. The molecule has 0 saturated heterocycles. The number of halogens is 3. The van der Waals surface area contributed by atoms with Gasteiger partial charge in [0.15, 0.2) is 0 Å². The van der Waals surface area contributed by atoms with Crippen molar-refractivity contribution >= 4 is 45.0 Å². The van der Waals surface area contributed by atoms with Crippen LogP contribution in [0.2, 0.25) is 10.0 Å². The maximum absolute atomic E-state index is 11.7. The molecule has 0 spiro atoms. The third-order valence-electron chi connectivity index (χ3n) is 2.75. The van der Waals surface area contributed by atoms with Gasteiger partial charge in [0.1, 0.15) is 12.4 Å². The van der Waals surface area contributed by atoms with Crippen LogP contribution in [-0.2, 0) is 6.61 Å². The van der Waals surface area contributed by atoms with Gasteiger partial charge in [-0.25, -0.2) is 5.84 Å². The number of ether oxygens (including phenoxy) is 1. The summed E-state index contributed by atoms with van der Waals surface area (Å²) in [4.78, 5) is 11.7. The Morgan fingerprint density at radius 3 is 2.67 bits per heavy atom. The molecule has 0 saturated carbocycles. The lowest BCUT2D eigenvalue weighted by Crippen LogP contribution is -2.30. The first-order valence-electron chi connectivity index (χ1n) is 5.89. The van der Waals surface area contributed by atoms with Crippen LogP contribution >= 0.6 is 39.1 Å². The molecule has 0 bridgehead atoms. The molecule has 0 radical (unpaired) electrons. The third kappa shape index (κ3) is 3.89. The van der Waals surface area contributed by atoms with Crippen molar-refractivity contribution in [2.45, 2.75) is 6.61 Å². The Labute approximate surface area is 140 Å². The fourth-order valence-corrected chi connectivity index (χ4v) is 2.56. The van der Waals surface area contributed by atoms with E-state index in [4.69, 9.17) is 33.8 Å². The monoisotopic (exact) mass is 388 g/mol. The van der Waals surface area contributed by atoms with E-state index >= 15 is 0 Å². The molecule has 0 unspecified atom stereocenters. The predicted octanol–water partition coefficient (Wildman–Crippen LogP) is 3.94. The van der Waals surface area contributed by atoms with Crippen LogP contribution in [0.3, 0.4) is 0 Å². The summed E-state index contributed by atoms with van der Waals surface area (Å²) in [6.07, 6.45) is 0. The van der Waals surface area contributed by atoms with E-state index in [0.717, 1.165) is 0 Å². The minimum absolute atomic E-state index is 0.168. The molecule has 2 rings (SSSR count). The van der Waals surface area contributed by atoms with Gasteiger partial charge in [0, 0.05) is 21.7 Å². The fourth-order valence-electron chi connectivity index (χ4n) is 1.72. The Bertz CT molecular complexity index is 680. The number of hydrazine groups is 1. The number of nitrogen functional groups attached to an aromatic ring is 1. The van der Waals surface area contributed by atoms with E-state index in [1.54, 1.807) is 30.3 Å². The zero-order valence-corrected chi connectivity index (χ0v) is 13.8. The average molecular weight is 390 g/mol. The van der Waals surface area contributed by atoms with E-state index in [1.807, 2.05) is 6.07 Å². The van der Waals surface area contributed by atoms with E-state index in [0.29, 0.717) is 31.4 Å². The highest BCUT2D eigenvalue weighted by Gasteiger charge is 2.12. The number of hydrogen-bond donors (Lipinski definition) is 2. The number of hydrogen-bond acceptors (Lipinski definition) is 3. The molecule has 3 N–H and O–H groups in total. The highest BCUT2D eigenvalue weighted by atomic mass is 79.9. The minimum Gasteiger partial charge on any atom is -0.487 e. The molecule has 0 aliphatic heterocycles. The van der Waals surface area contributed by atoms with Crippen molar-refractivity contribution in [2.24, 2.45) is 5.84 Å². The smallest absolute Gasteiger partial charge is 0.265 e. The molecule has 0 heterocycles. The van der Waals surface area contributed by atoms with Crippen LogP contribution in [-0.4, -0.2) is 5.91 Å². The molecule has 110 valence electrons. The summed E-state index contributed by atoms with van der Waals surface area (Å²) in [7, 11) is 0. The Hall–Kier alpha value is -1.27. The van der Waals surface area contributed by atoms with E-state index in [2.05, 4.69) is 21.4 Å². The molecule has 4 nitrogen and oxygen atoms in total. The van der Waals surface area contributed by atoms with Gasteiger partial charge in [-0.05, 0) is 28.1 Å². The topological polar surface area (TPSA) is 64.3 Å². The maximum atomic E-state index is 11.7. The molecule has 0 atom stereocenters. The zero-order valence-electron chi connectivity index (χ0n) is 10.7. The Balaban J connectivity index is 2.21. The van der Waals surface area contributed by atoms with E-state index in [1.165, 1.54) is 0 Å². The summed E-state index contributed by atoms with van der Waals surface area (Å²) in [5, 5.41) is 0.911. The average Bonchev–Trinajstić information content (AvgIpc) is 2.49. The number of nitrogens with two attached hydrogens (primary N) is 1. The Morgan fingerprint density at radius 1 is 1.24 bits per heavy atom. The van der Waals surface area contributed by atoms with Crippen molar-refractivity contribution in [2.75, 3.05) is 0 Å². The van der Waals surface area contributed by atoms with Gasteiger partial charge in [-0.2, -0.15) is 0 Å². The Morgan fingerprint density at radius 2 is 1.95 bits per heavy atom. The number of carbonyl (C=O) groups is 1. The lowest BCUT2D eigenvalue weighted by Gasteiger charge is -2.12. The molecule has 7 heteroatoms. The summed E-state index contributed by atoms with van der Waals surface area (Å²) in [5.41, 5.74) is 3.23. The summed E-state index contributed by atoms with van der Waals surface area (Å²) in [5.74, 6) is 5.21. The highest BCUT2D eigenvalue weighted by Crippen LogP contribution is 2.34. The van der Waals surface area contributed by atoms with Crippen molar-refractivity contribution in [3.8, 4) is 5.75 Å². The van der Waals surface area contributed by atoms with Crippen LogP contribution in [0, 0.1) is 0 Å². The van der Waals surface area contributed by atoms with Crippen molar-refractivity contribution in [3.63, 3.8) is 0 Å². The largest absolute Gasteiger partial charge is 0.487 e. The molecule has 2 aromatic carbocycles. The van der Waals surface area contributed by atoms with Gasteiger partial charge in [-0.15, -0.1) is 0 Å². The van der Waals surface area contributed by atoms with Crippen molar-refractivity contribution in [1.29, 1.82) is 0 Å². The first kappa shape index (κ1) is 16.1. The summed E-state index contributed by atoms with van der Waals surface area (Å²) < 4.78 is 6.32. The molecule has 0 aromatic heterocycles. The molecule has 0 fully saturated rings. The van der Waals surface area contributed by atoms with Crippen LogP contribution < -0.4 is 16.0 Å². The molecule has 0 aliphatic rings. The second-order valence-electron chi connectivity index (χ2n) is 4.12. The van der Waals surface area contributed by atoms with E-state index in [-0.39, 0.29) is 12.5 Å². The first-order valence-corrected chi connectivity index (χ1v) is 7.44. The van der Waals surface area contributed by atoms with E-state index < -0.39 is 0 Å². The van der Waals surface area contributed by atoms with Crippen LogP contribution in [0.1, 0.15) is 15.9 Å². The number of rotatable bonds is 4. The number of carbonyl (C=O) groups excluding carboxylic acids is 1. The third-order valence-corrected chi connectivity index (χ3v) is 4.24. The predicted molar refractivity (Wildman–Crippen MR) is 86.6 cm³/mol. The summed E-state index contributed by atoms with van der Waals surface area (Å²) in [6.45, 7) is 0.168. The van der Waals surface area contributed by atoms with Crippen molar-refractivity contribution in [3.05, 3.63) is 62.0 Å². The van der Waals surface area contributed by atoms with Crippen molar-refractivity contribution < 1.29 is 9.53 Å². The van der Waals surface area contributed by atoms with Crippen LogP contribution in [0.5, 0.6) is 5.75 Å². The van der Waals surface area contributed by atoms with Crippen molar-refractivity contribution in [1.82, 2.24) is 5.43 Å². The number of benzene rings is 2. The summed E-state index contributed by atoms with van der Waals surface area (Å²) >= 11 is 15.4. The SMILES string of the molecule is NNC(=O)c1ccccc1COc1cc(Cl)c(Br)cc1Cl. The highest BCUT2D eigenvalue weighted by molar-refractivity contribution is 9.10. The van der Waals surface area contributed by atoms with E-state index in [9.17, 15) is 4.79 Å². The molecular weight excluding hydrogens is 379 g/mol. The molecule has 1 amide bonds. The first-order chi connectivity index (χ1) is 10.0. The maximum Gasteiger partial charge on any atom is 0.265 e. The minimum atomic E-state index is -0.380. The van der Waals surface area contributed by atoms with Crippen LogP contribution in [0.15, 0.2) is 40.9 Å². The second-order valence-corrected chi connectivity index (χ2v) is 5.78. The Kier molecular flexibility index (Phi) is 5.47. The van der Waals surface area contributed by atoms with Gasteiger partial charge in [-0.1, -0.05) is 41.4 Å². The van der Waals surface area contributed by atoms with Gasteiger partial charge in [-0.3, -0.25) is 10.2 Å². The van der Waals surface area contributed by atoms with Gasteiger partial charge < -0.3 is 4.74 Å². The normalized spacial score (nSPS) is 10.3. The lowest BCUT2D eigenvalue weighted by atomic mass is 10.1. The van der Waals surface area contributed by atoms with Gasteiger partial charge in [0.25, 0.3) is 5.91 Å². The van der Waals surface area contributed by atoms with Crippen LogP contribution in [0.25, 0.3) is 0 Å².